The van der Waals surface area contributed by atoms with Crippen molar-refractivity contribution in [1.82, 2.24) is 0 Å². The monoisotopic (exact) mass is 209 g/mol. The van der Waals surface area contributed by atoms with Crippen LogP contribution in [0.25, 0.3) is 0 Å². The molecule has 0 amide bonds. The van der Waals surface area contributed by atoms with E-state index in [9.17, 15) is 4.79 Å². The van der Waals surface area contributed by atoms with Gasteiger partial charge in [0.2, 0.25) is 0 Å². The van der Waals surface area contributed by atoms with Gasteiger partial charge in [0.05, 0.1) is 13.0 Å². The van der Waals surface area contributed by atoms with Gasteiger partial charge in [-0.1, -0.05) is 11.1 Å². The fourth-order valence-corrected chi connectivity index (χ4v) is 3.44. The maximum atomic E-state index is 11.7. The summed E-state index contributed by atoms with van der Waals surface area (Å²) in [6.45, 7) is 4.24. The van der Waals surface area contributed by atoms with Crippen LogP contribution in [0.15, 0.2) is 11.1 Å². The molecular formula is C12H19NO2. The van der Waals surface area contributed by atoms with Gasteiger partial charge >= 0.3 is 5.97 Å². The molecule has 0 heterocycles. The average molecular weight is 209 g/mol. The predicted molar refractivity (Wildman–Crippen MR) is 58.1 cm³/mol. The second kappa shape index (κ2) is 3.63. The van der Waals surface area contributed by atoms with Crippen molar-refractivity contribution in [3.05, 3.63) is 11.1 Å². The molecule has 3 heteroatoms. The van der Waals surface area contributed by atoms with Crippen LogP contribution < -0.4 is 5.73 Å². The lowest BCUT2D eigenvalue weighted by Gasteiger charge is -2.24. The fourth-order valence-electron chi connectivity index (χ4n) is 3.44. The highest BCUT2D eigenvalue weighted by molar-refractivity contribution is 5.75. The molecule has 84 valence electrons. The Morgan fingerprint density at radius 3 is 2.40 bits per heavy atom. The Bertz CT molecular complexity index is 318. The molecule has 3 nitrogen and oxygen atoms in total. The molecule has 2 fully saturated rings. The Morgan fingerprint density at radius 1 is 1.33 bits per heavy atom. The van der Waals surface area contributed by atoms with Gasteiger partial charge in [-0.2, -0.15) is 0 Å². The van der Waals surface area contributed by atoms with Crippen LogP contribution in [0, 0.1) is 17.8 Å². The zero-order valence-corrected chi connectivity index (χ0v) is 9.62. The molecule has 0 aromatic rings. The van der Waals surface area contributed by atoms with E-state index >= 15 is 0 Å². The summed E-state index contributed by atoms with van der Waals surface area (Å²) in [7, 11) is 1.45. The van der Waals surface area contributed by atoms with E-state index in [2.05, 4.69) is 13.8 Å². The lowest BCUT2D eigenvalue weighted by atomic mass is 9.85. The minimum Gasteiger partial charge on any atom is -0.469 e. The van der Waals surface area contributed by atoms with E-state index in [-0.39, 0.29) is 17.9 Å². The molecule has 2 bridgehead atoms. The lowest BCUT2D eigenvalue weighted by molar-refractivity contribution is -0.147. The first kappa shape index (κ1) is 10.7. The highest BCUT2D eigenvalue weighted by atomic mass is 16.5. The number of hydrogen-bond donors (Lipinski definition) is 1. The molecular weight excluding hydrogens is 190 g/mol. The predicted octanol–water partition coefficient (Wildman–Crippen LogP) is 1.48. The van der Waals surface area contributed by atoms with E-state index in [1.165, 1.54) is 18.3 Å². The molecule has 0 radical (unpaired) electrons. The summed E-state index contributed by atoms with van der Waals surface area (Å²) in [5, 5.41) is 0. The Hall–Kier alpha value is -0.830. The first-order chi connectivity index (χ1) is 7.07. The number of allylic oxidation sites excluding steroid dienone is 1. The van der Waals surface area contributed by atoms with Gasteiger partial charge in [0.1, 0.15) is 0 Å². The number of ether oxygens (including phenoxy) is 1. The molecule has 0 unspecified atom stereocenters. The molecule has 2 N–H and O–H groups in total. The molecule has 0 aliphatic heterocycles. The second-order valence-corrected chi connectivity index (χ2v) is 4.87. The van der Waals surface area contributed by atoms with Crippen LogP contribution in [-0.4, -0.2) is 19.1 Å². The van der Waals surface area contributed by atoms with Crippen molar-refractivity contribution >= 4 is 5.97 Å². The maximum absolute atomic E-state index is 11.7. The number of nitrogens with two attached hydrogens (primary N) is 1. The summed E-state index contributed by atoms with van der Waals surface area (Å²) < 4.78 is 4.84. The molecule has 15 heavy (non-hydrogen) atoms. The summed E-state index contributed by atoms with van der Waals surface area (Å²) in [5.41, 5.74) is 8.90. The fraction of sp³-hybridized carbons (Fsp3) is 0.750. The summed E-state index contributed by atoms with van der Waals surface area (Å²) in [6, 6.07) is -0.0268. The van der Waals surface area contributed by atoms with Crippen molar-refractivity contribution in [2.75, 3.05) is 7.11 Å². The summed E-state index contributed by atoms with van der Waals surface area (Å²) in [5.74, 6) is 0.540. The number of carbonyl (C=O) groups is 1. The van der Waals surface area contributed by atoms with Crippen LogP contribution in [-0.2, 0) is 9.53 Å². The topological polar surface area (TPSA) is 52.3 Å². The van der Waals surface area contributed by atoms with Crippen LogP contribution in [0.4, 0.5) is 0 Å². The second-order valence-electron chi connectivity index (χ2n) is 4.87. The third kappa shape index (κ3) is 1.41. The summed E-state index contributed by atoms with van der Waals surface area (Å²) >= 11 is 0. The Balaban J connectivity index is 2.33. The van der Waals surface area contributed by atoms with E-state index < -0.39 is 0 Å². The van der Waals surface area contributed by atoms with Gasteiger partial charge in [0.25, 0.3) is 0 Å². The van der Waals surface area contributed by atoms with Gasteiger partial charge in [-0.15, -0.1) is 0 Å². The maximum Gasteiger partial charge on any atom is 0.310 e. The molecule has 0 spiro atoms. The molecule has 2 aliphatic rings. The van der Waals surface area contributed by atoms with Crippen molar-refractivity contribution in [3.63, 3.8) is 0 Å². The van der Waals surface area contributed by atoms with Crippen molar-refractivity contribution in [2.24, 2.45) is 23.5 Å². The highest BCUT2D eigenvalue weighted by Crippen LogP contribution is 2.53. The standard InChI is InChI=1S/C12H19NO2/c1-6(2)9-7-4-5-8(9)11(13)10(7)12(14)15-3/h7-8,10-11H,4-5,13H2,1-3H3/t7-,8+,10-,11+/m0/s1. The van der Waals surface area contributed by atoms with Gasteiger partial charge in [-0.05, 0) is 38.5 Å². The van der Waals surface area contributed by atoms with E-state index in [4.69, 9.17) is 10.5 Å². The number of fused-ring (bicyclic) bond motifs is 2. The van der Waals surface area contributed by atoms with Gasteiger partial charge in [0, 0.05) is 6.04 Å². The summed E-state index contributed by atoms with van der Waals surface area (Å²) in [4.78, 5) is 11.7. The van der Waals surface area contributed by atoms with Crippen molar-refractivity contribution in [1.29, 1.82) is 0 Å². The van der Waals surface area contributed by atoms with Crippen molar-refractivity contribution < 1.29 is 9.53 Å². The van der Waals surface area contributed by atoms with E-state index in [0.29, 0.717) is 11.8 Å². The first-order valence-corrected chi connectivity index (χ1v) is 5.58. The Morgan fingerprint density at radius 2 is 1.93 bits per heavy atom. The Kier molecular flexibility index (Phi) is 2.59. The SMILES string of the molecule is COC(=O)[C@@H]1[C@H](N)[C@@H]2CC[C@H]1C2=C(C)C. The number of rotatable bonds is 1. The van der Waals surface area contributed by atoms with E-state index in [1.807, 2.05) is 0 Å². The largest absolute Gasteiger partial charge is 0.469 e. The van der Waals surface area contributed by atoms with Crippen molar-refractivity contribution in [3.8, 4) is 0 Å². The molecule has 0 aromatic carbocycles. The molecule has 0 saturated heterocycles. The quantitative estimate of drug-likeness (QED) is 0.525. The molecule has 0 aromatic heterocycles. The van der Waals surface area contributed by atoms with E-state index in [0.717, 1.165) is 12.8 Å². The zero-order valence-electron chi connectivity index (χ0n) is 9.62. The number of hydrogen-bond acceptors (Lipinski definition) is 3. The molecule has 4 atom stereocenters. The van der Waals surface area contributed by atoms with Crippen LogP contribution in [0.5, 0.6) is 0 Å². The van der Waals surface area contributed by atoms with Crippen LogP contribution in [0.1, 0.15) is 26.7 Å². The molecule has 2 rings (SSSR count). The lowest BCUT2D eigenvalue weighted by Crippen LogP contribution is -2.40. The molecule has 2 saturated carbocycles. The normalized spacial score (nSPS) is 38.3. The third-order valence-corrected chi connectivity index (χ3v) is 3.95. The minimum absolute atomic E-state index is 0.0268. The van der Waals surface area contributed by atoms with Crippen LogP contribution >= 0.6 is 0 Å². The Labute approximate surface area is 90.7 Å². The van der Waals surface area contributed by atoms with Gasteiger partial charge in [-0.3, -0.25) is 4.79 Å². The van der Waals surface area contributed by atoms with Crippen molar-refractivity contribution in [2.45, 2.75) is 32.7 Å². The number of methoxy groups -OCH3 is 1. The third-order valence-electron chi connectivity index (χ3n) is 3.95. The number of carbonyl (C=O) groups excluding carboxylic acids is 1. The number of esters is 1. The van der Waals surface area contributed by atoms with Gasteiger partial charge in [0.15, 0.2) is 0 Å². The molecule has 2 aliphatic carbocycles. The van der Waals surface area contributed by atoms with E-state index in [1.54, 1.807) is 0 Å². The first-order valence-electron chi connectivity index (χ1n) is 5.58. The zero-order chi connectivity index (χ0) is 11.2. The van der Waals surface area contributed by atoms with Gasteiger partial charge in [-0.25, -0.2) is 0 Å². The summed E-state index contributed by atoms with van der Waals surface area (Å²) in [6.07, 6.45) is 2.23. The average Bonchev–Trinajstić information content (AvgIpc) is 2.72. The van der Waals surface area contributed by atoms with Crippen LogP contribution in [0.2, 0.25) is 0 Å². The smallest absolute Gasteiger partial charge is 0.310 e. The van der Waals surface area contributed by atoms with Gasteiger partial charge < -0.3 is 10.5 Å². The van der Waals surface area contributed by atoms with Crippen LogP contribution in [0.3, 0.4) is 0 Å². The highest BCUT2D eigenvalue weighted by Gasteiger charge is 2.53. The minimum atomic E-state index is -0.131.